The Morgan fingerprint density at radius 3 is 2.80 bits per heavy atom. The topological polar surface area (TPSA) is 46.3 Å². The summed E-state index contributed by atoms with van der Waals surface area (Å²) in [6.07, 6.45) is 0.836. The summed E-state index contributed by atoms with van der Waals surface area (Å²) in [6.45, 7) is 4.68. The van der Waals surface area contributed by atoms with Crippen molar-refractivity contribution in [3.63, 3.8) is 0 Å². The Kier molecular flexibility index (Phi) is 3.36. The van der Waals surface area contributed by atoms with E-state index in [-0.39, 0.29) is 11.9 Å². The number of nitrogens with zero attached hydrogens (tertiary/aromatic N) is 1. The number of hydrogen-bond acceptors (Lipinski definition) is 3. The first kappa shape index (κ1) is 13.3. The first-order valence-corrected chi connectivity index (χ1v) is 7.60. The third-order valence-corrected chi connectivity index (χ3v) is 4.94. The second kappa shape index (κ2) is 5.04. The van der Waals surface area contributed by atoms with Gasteiger partial charge in [0.25, 0.3) is 5.91 Å². The van der Waals surface area contributed by atoms with Gasteiger partial charge in [0.2, 0.25) is 0 Å². The lowest BCUT2D eigenvalue weighted by atomic mass is 9.98. The zero-order valence-electron chi connectivity index (χ0n) is 11.7. The summed E-state index contributed by atoms with van der Waals surface area (Å²) < 4.78 is 0. The summed E-state index contributed by atoms with van der Waals surface area (Å²) in [5, 5.41) is 0. The Morgan fingerprint density at radius 1 is 1.35 bits per heavy atom. The Morgan fingerprint density at radius 2 is 2.10 bits per heavy atom. The average molecular weight is 286 g/mol. The van der Waals surface area contributed by atoms with Crippen LogP contribution in [-0.4, -0.2) is 18.5 Å². The van der Waals surface area contributed by atoms with Crippen molar-refractivity contribution >= 4 is 22.9 Å². The van der Waals surface area contributed by atoms with Crippen LogP contribution in [-0.2, 0) is 6.42 Å². The molecule has 2 N–H and O–H groups in total. The molecule has 1 aliphatic rings. The van der Waals surface area contributed by atoms with Gasteiger partial charge in [0.1, 0.15) is 0 Å². The molecule has 0 spiro atoms. The molecule has 1 aliphatic heterocycles. The summed E-state index contributed by atoms with van der Waals surface area (Å²) in [7, 11) is 0. The number of para-hydroxylation sites is 1. The van der Waals surface area contributed by atoms with Gasteiger partial charge in [-0.25, -0.2) is 0 Å². The molecule has 0 bridgehead atoms. The van der Waals surface area contributed by atoms with Gasteiger partial charge < -0.3 is 10.6 Å². The maximum Gasteiger partial charge on any atom is 0.268 e. The van der Waals surface area contributed by atoms with Crippen LogP contribution >= 0.6 is 11.3 Å². The minimum atomic E-state index is 0.0102. The molecule has 1 aromatic carbocycles. The summed E-state index contributed by atoms with van der Waals surface area (Å²) in [5.74, 6) is 0.0637. The second-order valence-electron chi connectivity index (χ2n) is 5.36. The molecule has 3 nitrogen and oxygen atoms in total. The molecule has 0 fully saturated rings. The van der Waals surface area contributed by atoms with Crippen molar-refractivity contribution in [2.24, 2.45) is 5.73 Å². The van der Waals surface area contributed by atoms with Crippen molar-refractivity contribution in [1.82, 2.24) is 0 Å². The van der Waals surface area contributed by atoms with Crippen LogP contribution in [0.1, 0.15) is 25.7 Å². The fourth-order valence-electron chi connectivity index (χ4n) is 2.63. The lowest BCUT2D eigenvalue weighted by molar-refractivity contribution is 0.0987. The predicted octanol–water partition coefficient (Wildman–Crippen LogP) is 2.90. The monoisotopic (exact) mass is 286 g/mol. The minimum Gasteiger partial charge on any atom is -0.326 e. The number of carbonyl (C=O) groups excluding carboxylic acids is 1. The number of aryl methyl sites for hydroxylation is 2. The Labute approximate surface area is 123 Å². The van der Waals surface area contributed by atoms with Crippen LogP contribution < -0.4 is 10.6 Å². The third-order valence-electron chi connectivity index (χ3n) is 3.80. The lowest BCUT2D eigenvalue weighted by Gasteiger charge is -2.32. The molecular formula is C16H18N2OS. The summed E-state index contributed by atoms with van der Waals surface area (Å²) in [4.78, 5) is 16.6. The van der Waals surface area contributed by atoms with E-state index in [9.17, 15) is 4.79 Å². The van der Waals surface area contributed by atoms with E-state index in [0.29, 0.717) is 6.54 Å². The van der Waals surface area contributed by atoms with Gasteiger partial charge in [0, 0.05) is 23.2 Å². The van der Waals surface area contributed by atoms with Crippen LogP contribution in [0, 0.1) is 13.8 Å². The molecule has 0 aliphatic carbocycles. The number of hydrogen-bond donors (Lipinski definition) is 1. The second-order valence-corrected chi connectivity index (χ2v) is 6.61. The van der Waals surface area contributed by atoms with E-state index >= 15 is 0 Å². The molecule has 2 heterocycles. The largest absolute Gasteiger partial charge is 0.326 e. The number of rotatable bonds is 1. The first-order valence-electron chi connectivity index (χ1n) is 6.78. The average Bonchev–Trinajstić information content (AvgIpc) is 2.77. The fourth-order valence-corrected chi connectivity index (χ4v) is 3.61. The molecule has 1 amide bonds. The van der Waals surface area contributed by atoms with Crippen molar-refractivity contribution in [2.45, 2.75) is 26.3 Å². The number of fused-ring (bicyclic) bond motifs is 1. The molecule has 0 saturated heterocycles. The molecule has 0 saturated carbocycles. The van der Waals surface area contributed by atoms with E-state index < -0.39 is 0 Å². The zero-order chi connectivity index (χ0) is 14.3. The van der Waals surface area contributed by atoms with Crippen LogP contribution in [0.15, 0.2) is 30.3 Å². The highest BCUT2D eigenvalue weighted by atomic mass is 32.1. The number of thiophene rings is 1. The van der Waals surface area contributed by atoms with Crippen LogP contribution in [0.4, 0.5) is 5.69 Å². The normalized spacial score (nSPS) is 17.9. The van der Waals surface area contributed by atoms with E-state index in [2.05, 4.69) is 6.07 Å². The van der Waals surface area contributed by atoms with Crippen molar-refractivity contribution in [3.8, 4) is 0 Å². The number of nitrogens with two attached hydrogens (primary N) is 1. The van der Waals surface area contributed by atoms with Crippen molar-refractivity contribution < 1.29 is 4.79 Å². The van der Waals surface area contributed by atoms with E-state index in [0.717, 1.165) is 22.5 Å². The number of benzene rings is 1. The molecule has 20 heavy (non-hydrogen) atoms. The highest BCUT2D eigenvalue weighted by molar-refractivity contribution is 7.14. The number of amides is 1. The maximum atomic E-state index is 12.8. The van der Waals surface area contributed by atoms with Gasteiger partial charge in [-0.2, -0.15) is 0 Å². The van der Waals surface area contributed by atoms with Crippen LogP contribution in [0.2, 0.25) is 0 Å². The SMILES string of the molecule is Cc1cc(C(=O)N2CC(N)Cc3ccccc32)sc1C. The Hall–Kier alpha value is -1.65. The van der Waals surface area contributed by atoms with Crippen molar-refractivity contribution in [2.75, 3.05) is 11.4 Å². The number of anilines is 1. The number of carbonyl (C=O) groups is 1. The molecule has 104 valence electrons. The molecule has 1 unspecified atom stereocenters. The van der Waals surface area contributed by atoms with Gasteiger partial charge in [-0.05, 0) is 43.5 Å². The molecule has 2 aromatic rings. The highest BCUT2D eigenvalue weighted by Gasteiger charge is 2.28. The quantitative estimate of drug-likeness (QED) is 0.876. The van der Waals surface area contributed by atoms with Gasteiger partial charge in [-0.15, -0.1) is 11.3 Å². The molecule has 1 atom stereocenters. The van der Waals surface area contributed by atoms with Crippen LogP contribution in [0.5, 0.6) is 0 Å². The summed E-state index contributed by atoms with van der Waals surface area (Å²) >= 11 is 1.56. The van der Waals surface area contributed by atoms with Crippen LogP contribution in [0.25, 0.3) is 0 Å². The lowest BCUT2D eigenvalue weighted by Crippen LogP contribution is -2.46. The summed E-state index contributed by atoms with van der Waals surface area (Å²) in [5.41, 5.74) is 9.43. The van der Waals surface area contributed by atoms with E-state index in [1.807, 2.05) is 43.0 Å². The molecular weight excluding hydrogens is 268 g/mol. The molecule has 3 rings (SSSR count). The standard InChI is InChI=1S/C16H18N2OS/c1-10-7-15(20-11(10)2)16(19)18-9-13(17)8-12-5-3-4-6-14(12)18/h3-7,13H,8-9,17H2,1-2H3. The molecule has 4 heteroatoms. The smallest absolute Gasteiger partial charge is 0.268 e. The zero-order valence-corrected chi connectivity index (χ0v) is 12.5. The molecule has 0 radical (unpaired) electrons. The Bertz CT molecular complexity index is 643. The van der Waals surface area contributed by atoms with E-state index in [4.69, 9.17) is 5.73 Å². The van der Waals surface area contributed by atoms with Crippen LogP contribution in [0.3, 0.4) is 0 Å². The van der Waals surface area contributed by atoms with Gasteiger partial charge in [0.15, 0.2) is 0 Å². The minimum absolute atomic E-state index is 0.0102. The fraction of sp³-hybridized carbons (Fsp3) is 0.312. The highest BCUT2D eigenvalue weighted by Crippen LogP contribution is 2.30. The van der Waals surface area contributed by atoms with Gasteiger partial charge in [0.05, 0.1) is 4.88 Å². The van der Waals surface area contributed by atoms with E-state index in [1.165, 1.54) is 10.4 Å². The summed E-state index contributed by atoms with van der Waals surface area (Å²) in [6, 6.07) is 10.0. The van der Waals surface area contributed by atoms with Gasteiger partial charge in [-0.3, -0.25) is 4.79 Å². The first-order chi connectivity index (χ1) is 9.56. The third kappa shape index (κ3) is 2.25. The molecule has 1 aromatic heterocycles. The van der Waals surface area contributed by atoms with Crippen molar-refractivity contribution in [1.29, 1.82) is 0 Å². The van der Waals surface area contributed by atoms with Gasteiger partial charge >= 0.3 is 0 Å². The van der Waals surface area contributed by atoms with Gasteiger partial charge in [-0.1, -0.05) is 18.2 Å². The maximum absolute atomic E-state index is 12.8. The van der Waals surface area contributed by atoms with E-state index in [1.54, 1.807) is 11.3 Å². The predicted molar refractivity (Wildman–Crippen MR) is 83.6 cm³/mol. The Balaban J connectivity index is 1.99. The van der Waals surface area contributed by atoms with Crippen molar-refractivity contribution in [3.05, 3.63) is 51.2 Å².